The molecule has 3 N–H and O–H groups in total. The predicted octanol–water partition coefficient (Wildman–Crippen LogP) is 3.06. The van der Waals surface area contributed by atoms with E-state index in [9.17, 15) is 27.2 Å². The Kier molecular flexibility index (Phi) is 11.2. The fourth-order valence-corrected chi connectivity index (χ4v) is 3.79. The van der Waals surface area contributed by atoms with E-state index in [-0.39, 0.29) is 37.5 Å². The van der Waals surface area contributed by atoms with Crippen molar-refractivity contribution in [1.29, 1.82) is 0 Å². The Bertz CT molecular complexity index is 1240. The number of urea groups is 1. The van der Waals surface area contributed by atoms with Gasteiger partial charge in [0, 0.05) is 26.5 Å². The average molecular weight is 573 g/mol. The van der Waals surface area contributed by atoms with E-state index in [1.165, 1.54) is 0 Å². The average Bonchev–Trinajstić information content (AvgIpc) is 3.66. The monoisotopic (exact) mass is 572 g/mol. The first-order valence-electron chi connectivity index (χ1n) is 12.7. The Hall–Kier alpha value is -3.82. The summed E-state index contributed by atoms with van der Waals surface area (Å²) in [6.07, 6.45) is 4.51. The highest BCUT2D eigenvalue weighted by atomic mass is 19.3. The van der Waals surface area contributed by atoms with Crippen LogP contribution in [0.1, 0.15) is 59.5 Å². The van der Waals surface area contributed by atoms with Gasteiger partial charge in [-0.2, -0.15) is 5.10 Å². The van der Waals surface area contributed by atoms with Gasteiger partial charge in [-0.25, -0.2) is 36.5 Å². The number of amides is 3. The molecule has 0 radical (unpaired) electrons. The van der Waals surface area contributed by atoms with E-state index >= 15 is 0 Å². The number of ether oxygens (including phenoxy) is 1. The maximum Gasteiger partial charge on any atom is 0.315 e. The van der Waals surface area contributed by atoms with Crippen molar-refractivity contribution < 1.29 is 36.5 Å². The van der Waals surface area contributed by atoms with Gasteiger partial charge in [0.05, 0.1) is 31.2 Å². The third kappa shape index (κ3) is 9.43. The van der Waals surface area contributed by atoms with Crippen molar-refractivity contribution in [1.82, 2.24) is 40.9 Å². The predicted molar refractivity (Wildman–Crippen MR) is 133 cm³/mol. The molecule has 1 aliphatic carbocycles. The van der Waals surface area contributed by atoms with Crippen molar-refractivity contribution in [3.63, 3.8) is 0 Å². The third-order valence-electron chi connectivity index (χ3n) is 6.01. The summed E-state index contributed by atoms with van der Waals surface area (Å²) >= 11 is 0. The van der Waals surface area contributed by atoms with Crippen molar-refractivity contribution in [2.24, 2.45) is 0 Å². The van der Waals surface area contributed by atoms with E-state index in [0.29, 0.717) is 30.8 Å². The van der Waals surface area contributed by atoms with Crippen LogP contribution in [0.4, 0.5) is 22.4 Å². The van der Waals surface area contributed by atoms with Crippen LogP contribution in [0.25, 0.3) is 5.65 Å². The Balaban J connectivity index is 0.000000211. The summed E-state index contributed by atoms with van der Waals surface area (Å²) < 4.78 is 59.0. The molecule has 220 valence electrons. The molecule has 0 bridgehead atoms. The van der Waals surface area contributed by atoms with Gasteiger partial charge in [0.25, 0.3) is 12.3 Å². The molecule has 1 atom stereocenters. The smallest absolute Gasteiger partial charge is 0.315 e. The van der Waals surface area contributed by atoms with Gasteiger partial charge >= 0.3 is 6.03 Å². The minimum Gasteiger partial charge on any atom is -0.384 e. The minimum atomic E-state index is -2.47. The fourth-order valence-electron chi connectivity index (χ4n) is 3.79. The van der Waals surface area contributed by atoms with Crippen molar-refractivity contribution >= 4 is 17.6 Å². The second-order valence-electron chi connectivity index (χ2n) is 9.23. The number of rotatable bonds is 7. The molecule has 3 amide bonds. The van der Waals surface area contributed by atoms with Gasteiger partial charge in [0.15, 0.2) is 11.3 Å². The lowest BCUT2D eigenvalue weighted by Gasteiger charge is -2.20. The molecule has 4 heterocycles. The van der Waals surface area contributed by atoms with Gasteiger partial charge < -0.3 is 20.7 Å². The van der Waals surface area contributed by atoms with Crippen LogP contribution in [-0.2, 0) is 17.7 Å². The number of nitrogens with one attached hydrogen (secondary N) is 3. The van der Waals surface area contributed by atoms with E-state index in [1.54, 1.807) is 30.9 Å². The first-order chi connectivity index (χ1) is 19.1. The zero-order chi connectivity index (χ0) is 29.1. The number of aryl methyl sites for hydroxylation is 1. The van der Waals surface area contributed by atoms with E-state index in [1.807, 2.05) is 6.07 Å². The molecular formula is C24H32F4N8O4. The molecule has 5 rings (SSSR count). The summed E-state index contributed by atoms with van der Waals surface area (Å²) in [7, 11) is 1.66. The van der Waals surface area contributed by atoms with E-state index in [2.05, 4.69) is 41.0 Å². The number of aromatic nitrogens is 5. The number of hydrogen-bond acceptors (Lipinski definition) is 8. The molecule has 1 saturated carbocycles. The van der Waals surface area contributed by atoms with Crippen LogP contribution in [0, 0.1) is 6.92 Å². The highest BCUT2D eigenvalue weighted by Gasteiger charge is 2.30. The molecule has 3 aromatic heterocycles. The number of fused-ring (bicyclic) bond motifs is 1. The molecule has 3 aromatic rings. The number of methoxy groups -OCH3 is 1. The molecular weight excluding hydrogens is 540 g/mol. The molecule has 0 aromatic carbocycles. The number of hydrogen-bond donors (Lipinski definition) is 3. The van der Waals surface area contributed by atoms with Crippen molar-refractivity contribution in [2.45, 2.75) is 70.4 Å². The number of imidazole rings is 1. The molecule has 0 spiro atoms. The van der Waals surface area contributed by atoms with E-state index in [4.69, 9.17) is 4.74 Å². The molecule has 2 aliphatic rings. The number of nitrogens with zero attached hydrogens (tertiary/aromatic N) is 5. The topological polar surface area (TPSA) is 149 Å². The van der Waals surface area contributed by atoms with Crippen LogP contribution in [0.2, 0.25) is 0 Å². The first kappa shape index (κ1) is 30.7. The highest BCUT2D eigenvalue weighted by molar-refractivity contribution is 5.92. The summed E-state index contributed by atoms with van der Waals surface area (Å²) in [5.41, 5.74) is 3.09. The van der Waals surface area contributed by atoms with Crippen LogP contribution in [0.5, 0.6) is 0 Å². The summed E-state index contributed by atoms with van der Waals surface area (Å²) in [4.78, 5) is 26.6. The molecule has 1 saturated heterocycles. The Morgan fingerprint density at radius 1 is 1.27 bits per heavy atom. The van der Waals surface area contributed by atoms with Crippen molar-refractivity contribution in [2.75, 3.05) is 20.3 Å². The number of alkyl halides is 4. The van der Waals surface area contributed by atoms with Gasteiger partial charge in [-0.3, -0.25) is 4.79 Å². The van der Waals surface area contributed by atoms with Crippen LogP contribution in [0.3, 0.4) is 0 Å². The standard InChI is InChI=1S/C14H16N6O3.C6H10F2.C4H6F2N2O/c1-9-13(19-23-18-9)14(21)15-7-11-8-20-12(17-11)5-10(6-16-20)3-4-22-2;7-6(8)4-2-1-3-5-6;5-3(6)2-1-7-4(9)8-2/h5-6,8H,3-4,7H2,1-2H3,(H,15,21);1-5H2;2-3H,1H2,(H2,7,8,9). The molecule has 1 unspecified atom stereocenters. The highest BCUT2D eigenvalue weighted by Crippen LogP contribution is 2.32. The zero-order valence-electron chi connectivity index (χ0n) is 22.1. The Morgan fingerprint density at radius 2 is 2.02 bits per heavy atom. The number of carbonyl (C=O) groups excluding carboxylic acids is 2. The van der Waals surface area contributed by atoms with Gasteiger partial charge in [0.1, 0.15) is 11.7 Å². The van der Waals surface area contributed by atoms with Crippen LogP contribution >= 0.6 is 0 Å². The lowest BCUT2D eigenvalue weighted by Crippen LogP contribution is -2.32. The first-order valence-corrected chi connectivity index (χ1v) is 12.7. The Labute approximate surface area is 227 Å². The maximum absolute atomic E-state index is 12.2. The van der Waals surface area contributed by atoms with Gasteiger partial charge in [-0.15, -0.1) is 0 Å². The van der Waals surface area contributed by atoms with Crippen LogP contribution in [-0.4, -0.2) is 75.5 Å². The van der Waals surface area contributed by atoms with Gasteiger partial charge in [0.2, 0.25) is 5.92 Å². The summed E-state index contributed by atoms with van der Waals surface area (Å²) in [5, 5.41) is 18.4. The van der Waals surface area contributed by atoms with Gasteiger partial charge in [-0.1, -0.05) is 11.6 Å². The second-order valence-corrected chi connectivity index (χ2v) is 9.23. The zero-order valence-corrected chi connectivity index (χ0v) is 22.1. The lowest BCUT2D eigenvalue weighted by atomic mass is 9.97. The second kappa shape index (κ2) is 14.5. The summed E-state index contributed by atoms with van der Waals surface area (Å²) in [5.74, 6) is -2.67. The Morgan fingerprint density at radius 3 is 2.55 bits per heavy atom. The number of carbonyl (C=O) groups is 2. The molecule has 12 nitrogen and oxygen atoms in total. The normalized spacial score (nSPS) is 17.8. The molecule has 1 aliphatic heterocycles. The minimum absolute atomic E-state index is 0.0243. The third-order valence-corrected chi connectivity index (χ3v) is 6.01. The molecule has 16 heteroatoms. The SMILES string of the molecule is COCCc1cnn2cc(CNC(=O)c3nonc3C)nc2c1.FC1(F)CCCCC1.O=C1NCC(C(F)F)N1. The molecule has 2 fully saturated rings. The van der Waals surface area contributed by atoms with E-state index < -0.39 is 24.4 Å². The molecule has 40 heavy (non-hydrogen) atoms. The van der Waals surface area contributed by atoms with Crippen LogP contribution < -0.4 is 16.0 Å². The quantitative estimate of drug-likeness (QED) is 0.366. The van der Waals surface area contributed by atoms with E-state index in [0.717, 1.165) is 24.1 Å². The summed E-state index contributed by atoms with van der Waals surface area (Å²) in [6.45, 7) is 2.58. The van der Waals surface area contributed by atoms with Gasteiger partial charge in [-0.05, 0) is 43.0 Å². The van der Waals surface area contributed by atoms with Crippen molar-refractivity contribution in [3.8, 4) is 0 Å². The fraction of sp³-hybridized carbons (Fsp3) is 0.583. The largest absolute Gasteiger partial charge is 0.384 e. The summed E-state index contributed by atoms with van der Waals surface area (Å²) in [6, 6.07) is 0.432. The number of halogens is 4. The maximum atomic E-state index is 12.2. The van der Waals surface area contributed by atoms with Crippen LogP contribution in [0.15, 0.2) is 23.1 Å². The van der Waals surface area contributed by atoms with Crippen molar-refractivity contribution in [3.05, 3.63) is 41.1 Å². The lowest BCUT2D eigenvalue weighted by molar-refractivity contribution is -0.0337.